The second kappa shape index (κ2) is 11.3. The van der Waals surface area contributed by atoms with Gasteiger partial charge in [0.15, 0.2) is 9.84 Å². The third-order valence-electron chi connectivity index (χ3n) is 5.05. The fraction of sp³-hybridized carbons (Fsp3) is 0.286. The maximum Gasteiger partial charge on any atom is 0.339 e. The summed E-state index contributed by atoms with van der Waals surface area (Å²) in [4.78, 5) is 25.1. The van der Waals surface area contributed by atoms with Gasteiger partial charge in [0, 0.05) is 23.1 Å². The number of benzene rings is 2. The lowest BCUT2D eigenvalue weighted by molar-refractivity contribution is -0.154. The van der Waals surface area contributed by atoms with Crippen LogP contribution in [0.4, 0.5) is 0 Å². The maximum atomic E-state index is 13.1. The third kappa shape index (κ3) is 6.86. The van der Waals surface area contributed by atoms with Crippen molar-refractivity contribution in [3.8, 4) is 23.0 Å². The number of hydrogen-bond donors (Lipinski definition) is 0. The van der Waals surface area contributed by atoms with Crippen LogP contribution in [0.1, 0.15) is 55.1 Å². The normalized spacial score (nSPS) is 11.3. The van der Waals surface area contributed by atoms with E-state index >= 15 is 0 Å². The summed E-state index contributed by atoms with van der Waals surface area (Å²) in [6.45, 7) is 5.35. The van der Waals surface area contributed by atoms with Crippen molar-refractivity contribution in [2.45, 2.75) is 49.9 Å². The molecule has 8 heteroatoms. The molecule has 3 aromatic rings. The van der Waals surface area contributed by atoms with Crippen molar-refractivity contribution in [3.05, 3.63) is 77.7 Å². The van der Waals surface area contributed by atoms with Gasteiger partial charge in [0.05, 0.1) is 42.3 Å². The first-order valence-corrected chi connectivity index (χ1v) is 12.9. The number of carbonyl (C=O) groups excluding carboxylic acids is 2. The van der Waals surface area contributed by atoms with Gasteiger partial charge in [-0.1, -0.05) is 42.2 Å². The van der Waals surface area contributed by atoms with Gasteiger partial charge < -0.3 is 13.9 Å². The molecule has 1 heterocycles. The van der Waals surface area contributed by atoms with E-state index < -0.39 is 27.2 Å². The van der Waals surface area contributed by atoms with Crippen LogP contribution < -0.4 is 0 Å². The number of sulfone groups is 1. The first kappa shape index (κ1) is 26.8. The van der Waals surface area contributed by atoms with Crippen LogP contribution in [0.5, 0.6) is 0 Å². The van der Waals surface area contributed by atoms with E-state index in [4.69, 9.17) is 13.9 Å². The Balaban J connectivity index is 2.06. The van der Waals surface area contributed by atoms with Crippen molar-refractivity contribution < 1.29 is 31.9 Å². The highest BCUT2D eigenvalue weighted by atomic mass is 32.2. The van der Waals surface area contributed by atoms with Crippen molar-refractivity contribution in [1.29, 1.82) is 0 Å². The molecule has 0 atom stereocenters. The van der Waals surface area contributed by atoms with Crippen molar-refractivity contribution >= 4 is 21.8 Å². The van der Waals surface area contributed by atoms with E-state index in [9.17, 15) is 18.0 Å². The predicted octanol–water partition coefficient (Wildman–Crippen LogP) is 5.18. The Morgan fingerprint density at radius 2 is 1.75 bits per heavy atom. The number of rotatable bonds is 7. The van der Waals surface area contributed by atoms with E-state index in [1.54, 1.807) is 57.2 Å². The van der Waals surface area contributed by atoms with Crippen LogP contribution in [0.3, 0.4) is 0 Å². The molecular weight excluding hydrogens is 480 g/mol. The van der Waals surface area contributed by atoms with Gasteiger partial charge in [-0.3, -0.25) is 4.79 Å². The largest absolute Gasteiger partial charge is 0.472 e. The summed E-state index contributed by atoms with van der Waals surface area (Å²) >= 11 is 0. The number of furan rings is 1. The van der Waals surface area contributed by atoms with Gasteiger partial charge in [-0.25, -0.2) is 13.2 Å². The van der Waals surface area contributed by atoms with Gasteiger partial charge >= 0.3 is 11.9 Å². The Labute approximate surface area is 211 Å². The number of carbonyl (C=O) groups is 2. The molecule has 3 rings (SSSR count). The Morgan fingerprint density at radius 3 is 2.36 bits per heavy atom. The molecule has 7 nitrogen and oxygen atoms in total. The van der Waals surface area contributed by atoms with E-state index in [2.05, 4.69) is 11.8 Å². The zero-order valence-corrected chi connectivity index (χ0v) is 21.5. The van der Waals surface area contributed by atoms with Gasteiger partial charge in [0.25, 0.3) is 0 Å². The number of hydrogen-bond acceptors (Lipinski definition) is 7. The molecule has 0 aliphatic heterocycles. The average Bonchev–Trinajstić information content (AvgIpc) is 3.35. The minimum absolute atomic E-state index is 0.0560. The molecule has 0 N–H and O–H groups in total. The van der Waals surface area contributed by atoms with Crippen molar-refractivity contribution in [3.63, 3.8) is 0 Å². The number of esters is 2. The van der Waals surface area contributed by atoms with Gasteiger partial charge in [-0.05, 0) is 44.5 Å². The first-order chi connectivity index (χ1) is 17.0. The molecule has 36 heavy (non-hydrogen) atoms. The van der Waals surface area contributed by atoms with Crippen LogP contribution in [0, 0.1) is 11.8 Å². The molecule has 0 saturated carbocycles. The van der Waals surface area contributed by atoms with Crippen LogP contribution >= 0.6 is 0 Å². The lowest BCUT2D eigenvalue weighted by Crippen LogP contribution is -2.23. The van der Waals surface area contributed by atoms with E-state index in [0.29, 0.717) is 16.7 Å². The van der Waals surface area contributed by atoms with Crippen LogP contribution in [-0.2, 0) is 29.9 Å². The Bertz CT molecular complexity index is 1390. The van der Waals surface area contributed by atoms with Crippen molar-refractivity contribution in [2.75, 3.05) is 7.11 Å². The highest BCUT2D eigenvalue weighted by Gasteiger charge is 2.25. The molecule has 0 unspecified atom stereocenters. The molecule has 0 radical (unpaired) electrons. The third-order valence-corrected chi connectivity index (χ3v) is 6.73. The average molecular weight is 509 g/mol. The Morgan fingerprint density at radius 1 is 1.03 bits per heavy atom. The summed E-state index contributed by atoms with van der Waals surface area (Å²) < 4.78 is 41.7. The molecule has 2 aromatic carbocycles. The van der Waals surface area contributed by atoms with E-state index in [-0.39, 0.29) is 34.8 Å². The molecule has 0 saturated heterocycles. The molecule has 0 aliphatic carbocycles. The van der Waals surface area contributed by atoms with Gasteiger partial charge in [0.2, 0.25) is 0 Å². The molecular formula is C28H28O7S. The van der Waals surface area contributed by atoms with Crippen molar-refractivity contribution in [2.24, 2.45) is 0 Å². The van der Waals surface area contributed by atoms with Crippen LogP contribution in [-0.4, -0.2) is 33.1 Å². The second-order valence-corrected chi connectivity index (χ2v) is 11.0. The lowest BCUT2D eigenvalue weighted by Gasteiger charge is -2.18. The molecule has 1 aromatic heterocycles. The smallest absolute Gasteiger partial charge is 0.339 e. The highest BCUT2D eigenvalue weighted by molar-refractivity contribution is 7.90. The molecule has 0 bridgehead atoms. The van der Waals surface area contributed by atoms with Crippen LogP contribution in [0.2, 0.25) is 0 Å². The minimum Gasteiger partial charge on any atom is -0.472 e. The van der Waals surface area contributed by atoms with Gasteiger partial charge in [0.1, 0.15) is 5.60 Å². The second-order valence-electron chi connectivity index (χ2n) is 8.99. The zero-order valence-electron chi connectivity index (χ0n) is 20.7. The molecule has 0 fully saturated rings. The minimum atomic E-state index is -3.75. The van der Waals surface area contributed by atoms with E-state index in [1.165, 1.54) is 31.8 Å². The fourth-order valence-corrected chi connectivity index (χ4v) is 4.90. The summed E-state index contributed by atoms with van der Waals surface area (Å²) in [6.07, 6.45) is 3.25. The molecule has 0 aliphatic rings. The summed E-state index contributed by atoms with van der Waals surface area (Å²) in [7, 11) is -2.53. The summed E-state index contributed by atoms with van der Waals surface area (Å²) in [6, 6.07) is 13.0. The summed E-state index contributed by atoms with van der Waals surface area (Å²) in [5, 5.41) is 0. The topological polar surface area (TPSA) is 99.9 Å². The van der Waals surface area contributed by atoms with E-state index in [1.807, 2.05) is 0 Å². The quantitative estimate of drug-likeness (QED) is 0.320. The standard InChI is InChI=1S/C28H28O7S/c1-28(2,3)35-25(29)13-9-8-12-24-23(20-16-17-34-18-20)15-14-21(26(24)27(30)33-4)19-36(31,32)22-10-6-5-7-11-22/h5-7,10-11,14-18H,9,13,19H2,1-4H3. The lowest BCUT2D eigenvalue weighted by atomic mass is 9.93. The van der Waals surface area contributed by atoms with Gasteiger partial charge in [-0.2, -0.15) is 0 Å². The Hall–Kier alpha value is -3.83. The molecule has 0 amide bonds. The van der Waals surface area contributed by atoms with E-state index in [0.717, 1.165) is 0 Å². The number of methoxy groups -OCH3 is 1. The summed E-state index contributed by atoms with van der Waals surface area (Å²) in [5.74, 6) is 4.38. The fourth-order valence-electron chi connectivity index (χ4n) is 3.51. The zero-order chi connectivity index (χ0) is 26.3. The van der Waals surface area contributed by atoms with Gasteiger partial charge in [-0.15, -0.1) is 0 Å². The highest BCUT2D eigenvalue weighted by Crippen LogP contribution is 2.31. The SMILES string of the molecule is COC(=O)c1c(CS(=O)(=O)c2ccccc2)ccc(-c2ccoc2)c1C#CCCC(=O)OC(C)(C)C. The van der Waals surface area contributed by atoms with Crippen molar-refractivity contribution in [1.82, 2.24) is 0 Å². The van der Waals surface area contributed by atoms with Crippen LogP contribution in [0.25, 0.3) is 11.1 Å². The molecule has 188 valence electrons. The summed E-state index contributed by atoms with van der Waals surface area (Å²) in [5.41, 5.74) is 1.25. The molecule has 0 spiro atoms. The Kier molecular flexibility index (Phi) is 8.38. The monoisotopic (exact) mass is 508 g/mol. The maximum absolute atomic E-state index is 13.1. The van der Waals surface area contributed by atoms with Crippen LogP contribution in [0.15, 0.2) is 70.4 Å². The predicted molar refractivity (Wildman–Crippen MR) is 135 cm³/mol. The number of ether oxygens (including phenoxy) is 2. The first-order valence-electron chi connectivity index (χ1n) is 11.3.